The van der Waals surface area contributed by atoms with Gasteiger partial charge in [-0.15, -0.1) is 0 Å². The fourth-order valence-electron chi connectivity index (χ4n) is 1.24. The minimum absolute atomic E-state index is 0.109. The molecule has 1 aromatic heterocycles. The minimum atomic E-state index is -0.109. The normalized spacial score (nSPS) is 10.9. The van der Waals surface area contributed by atoms with Gasteiger partial charge in [-0.25, -0.2) is 9.97 Å². The van der Waals surface area contributed by atoms with E-state index in [9.17, 15) is 5.11 Å². The van der Waals surface area contributed by atoms with Crippen LogP contribution in [0.2, 0.25) is 15.2 Å². The monoisotopic (exact) mass is 316 g/mol. The third-order valence-electron chi connectivity index (χ3n) is 2.09. The van der Waals surface area contributed by atoms with Gasteiger partial charge in [0.05, 0.1) is 11.2 Å². The highest BCUT2D eigenvalue weighted by Gasteiger charge is 2.06. The molecule has 2 rings (SSSR count). The summed E-state index contributed by atoms with van der Waals surface area (Å²) in [5, 5.41) is 14.3. The van der Waals surface area contributed by atoms with Crippen LogP contribution in [0.15, 0.2) is 29.6 Å². The average molecular weight is 318 g/mol. The molecule has 0 amide bonds. The number of hydrogen-bond acceptors (Lipinski definition) is 5. The first-order valence-corrected chi connectivity index (χ1v) is 6.15. The molecule has 0 fully saturated rings. The predicted octanol–water partition coefficient (Wildman–Crippen LogP) is 3.59. The molecule has 0 aliphatic heterocycles. The summed E-state index contributed by atoms with van der Waals surface area (Å²) in [6.07, 6.45) is 4.27. The van der Waals surface area contributed by atoms with E-state index < -0.39 is 0 Å². The Kier molecular flexibility index (Phi) is 4.42. The summed E-state index contributed by atoms with van der Waals surface area (Å²) in [6, 6.07) is 2.95. The number of nitrogens with zero attached hydrogens (tertiary/aromatic N) is 3. The van der Waals surface area contributed by atoms with Crippen LogP contribution in [0.4, 0.5) is 5.82 Å². The van der Waals surface area contributed by atoms with Crippen LogP contribution in [0.3, 0.4) is 0 Å². The Labute approximate surface area is 123 Å². The zero-order valence-corrected chi connectivity index (χ0v) is 11.6. The number of aromatic nitrogens is 2. The Morgan fingerprint density at radius 3 is 2.63 bits per heavy atom. The molecule has 0 radical (unpaired) electrons. The van der Waals surface area contributed by atoms with Crippen LogP contribution in [0.1, 0.15) is 5.56 Å². The molecule has 5 nitrogen and oxygen atoms in total. The van der Waals surface area contributed by atoms with Gasteiger partial charge in [-0.3, -0.25) is 5.43 Å². The standard InChI is InChI=1S/C11H7Cl3N4O/c12-7-3-6(9(19)8(13)4-7)5-17-18-11-10(14)15-1-2-16-11/h1-5,19H,(H,16,18)/b17-5+. The van der Waals surface area contributed by atoms with Gasteiger partial charge in [-0.1, -0.05) is 34.8 Å². The Hall–Kier alpha value is -1.56. The summed E-state index contributed by atoms with van der Waals surface area (Å²) in [4.78, 5) is 7.76. The van der Waals surface area contributed by atoms with Crippen molar-refractivity contribution in [1.82, 2.24) is 9.97 Å². The van der Waals surface area contributed by atoms with Crippen molar-refractivity contribution in [1.29, 1.82) is 0 Å². The number of benzene rings is 1. The SMILES string of the molecule is Oc1c(Cl)cc(Cl)cc1/C=N/Nc1nccnc1Cl. The number of phenolic OH excluding ortho intramolecular Hbond substituents is 1. The summed E-state index contributed by atoms with van der Waals surface area (Å²) < 4.78 is 0. The van der Waals surface area contributed by atoms with E-state index in [0.29, 0.717) is 16.4 Å². The third-order valence-corrected chi connectivity index (χ3v) is 2.87. The Morgan fingerprint density at radius 1 is 1.16 bits per heavy atom. The van der Waals surface area contributed by atoms with Crippen molar-refractivity contribution in [3.05, 3.63) is 45.3 Å². The van der Waals surface area contributed by atoms with Crippen molar-refractivity contribution in [2.75, 3.05) is 5.43 Å². The second-order valence-electron chi connectivity index (χ2n) is 3.39. The number of halogens is 3. The van der Waals surface area contributed by atoms with Crippen molar-refractivity contribution in [2.24, 2.45) is 5.10 Å². The maximum Gasteiger partial charge on any atom is 0.184 e. The van der Waals surface area contributed by atoms with Crippen LogP contribution < -0.4 is 5.43 Å². The molecule has 8 heteroatoms. The van der Waals surface area contributed by atoms with E-state index in [1.807, 2.05) is 0 Å². The molecule has 0 spiro atoms. The number of hydrazone groups is 1. The molecule has 0 aliphatic rings. The lowest BCUT2D eigenvalue weighted by atomic mass is 10.2. The van der Waals surface area contributed by atoms with E-state index >= 15 is 0 Å². The third kappa shape index (κ3) is 3.47. The van der Waals surface area contributed by atoms with E-state index in [2.05, 4.69) is 20.5 Å². The summed E-state index contributed by atoms with van der Waals surface area (Å²) in [5.74, 6) is 0.190. The van der Waals surface area contributed by atoms with E-state index in [4.69, 9.17) is 34.8 Å². The first-order chi connectivity index (χ1) is 9.08. The highest BCUT2D eigenvalue weighted by Crippen LogP contribution is 2.30. The smallest absolute Gasteiger partial charge is 0.184 e. The molecule has 19 heavy (non-hydrogen) atoms. The topological polar surface area (TPSA) is 70.4 Å². The molecule has 98 valence electrons. The largest absolute Gasteiger partial charge is 0.506 e. The van der Waals surface area contributed by atoms with Crippen LogP contribution in [0, 0.1) is 0 Å². The van der Waals surface area contributed by atoms with Crippen LogP contribution in [-0.4, -0.2) is 21.3 Å². The maximum atomic E-state index is 9.71. The van der Waals surface area contributed by atoms with Crippen LogP contribution in [0.5, 0.6) is 5.75 Å². The molecular formula is C11H7Cl3N4O. The lowest BCUT2D eigenvalue weighted by molar-refractivity contribution is 0.475. The van der Waals surface area contributed by atoms with Gasteiger partial charge in [-0.05, 0) is 12.1 Å². The van der Waals surface area contributed by atoms with Gasteiger partial charge in [0.25, 0.3) is 0 Å². The maximum absolute atomic E-state index is 9.71. The minimum Gasteiger partial charge on any atom is -0.506 e. The quantitative estimate of drug-likeness (QED) is 0.670. The Morgan fingerprint density at radius 2 is 1.89 bits per heavy atom. The van der Waals surface area contributed by atoms with E-state index in [0.717, 1.165) is 0 Å². The van der Waals surface area contributed by atoms with Gasteiger partial charge in [0.15, 0.2) is 11.0 Å². The van der Waals surface area contributed by atoms with E-state index in [-0.39, 0.29) is 15.9 Å². The summed E-state index contributed by atoms with van der Waals surface area (Å²) in [5.41, 5.74) is 2.96. The number of aromatic hydroxyl groups is 1. The Balaban J connectivity index is 2.18. The molecular weight excluding hydrogens is 311 g/mol. The van der Waals surface area contributed by atoms with Gasteiger partial charge in [0.2, 0.25) is 0 Å². The molecule has 0 unspecified atom stereocenters. The molecule has 0 aliphatic carbocycles. The number of nitrogens with one attached hydrogen (secondary N) is 1. The second-order valence-corrected chi connectivity index (χ2v) is 4.59. The number of phenols is 1. The summed E-state index contributed by atoms with van der Waals surface area (Å²) >= 11 is 17.4. The second kappa shape index (κ2) is 6.06. The lowest BCUT2D eigenvalue weighted by Crippen LogP contribution is -1.95. The summed E-state index contributed by atoms with van der Waals surface area (Å²) in [6.45, 7) is 0. The molecule has 1 heterocycles. The van der Waals surface area contributed by atoms with Gasteiger partial charge in [0, 0.05) is 23.0 Å². The van der Waals surface area contributed by atoms with E-state index in [1.165, 1.54) is 30.7 Å². The first kappa shape index (κ1) is 13.9. The number of rotatable bonds is 3. The van der Waals surface area contributed by atoms with Crippen molar-refractivity contribution in [2.45, 2.75) is 0 Å². The van der Waals surface area contributed by atoms with Crippen molar-refractivity contribution in [3.8, 4) is 5.75 Å². The van der Waals surface area contributed by atoms with Crippen molar-refractivity contribution in [3.63, 3.8) is 0 Å². The van der Waals surface area contributed by atoms with Gasteiger partial charge in [-0.2, -0.15) is 5.10 Å². The van der Waals surface area contributed by atoms with Gasteiger partial charge in [0.1, 0.15) is 5.75 Å². The Bertz CT molecular complexity index is 633. The number of hydrogen-bond donors (Lipinski definition) is 2. The van der Waals surface area contributed by atoms with E-state index in [1.54, 1.807) is 0 Å². The fourth-order valence-corrected chi connectivity index (χ4v) is 1.90. The lowest BCUT2D eigenvalue weighted by Gasteiger charge is -2.03. The van der Waals surface area contributed by atoms with Crippen molar-refractivity contribution >= 4 is 46.8 Å². The molecule has 0 atom stereocenters. The highest BCUT2D eigenvalue weighted by molar-refractivity contribution is 6.36. The van der Waals surface area contributed by atoms with Gasteiger partial charge >= 0.3 is 0 Å². The number of anilines is 1. The zero-order valence-electron chi connectivity index (χ0n) is 9.31. The molecule has 2 aromatic rings. The average Bonchev–Trinajstić information content (AvgIpc) is 2.37. The van der Waals surface area contributed by atoms with Crippen LogP contribution >= 0.6 is 34.8 Å². The molecule has 1 aromatic carbocycles. The van der Waals surface area contributed by atoms with Crippen LogP contribution in [-0.2, 0) is 0 Å². The van der Waals surface area contributed by atoms with Crippen LogP contribution in [0.25, 0.3) is 0 Å². The molecule has 0 bridgehead atoms. The fraction of sp³-hybridized carbons (Fsp3) is 0. The molecule has 0 saturated heterocycles. The molecule has 0 saturated carbocycles. The van der Waals surface area contributed by atoms with Crippen molar-refractivity contribution < 1.29 is 5.11 Å². The highest BCUT2D eigenvalue weighted by atomic mass is 35.5. The van der Waals surface area contributed by atoms with Gasteiger partial charge < -0.3 is 5.11 Å². The molecule has 2 N–H and O–H groups in total. The summed E-state index contributed by atoms with van der Waals surface area (Å²) in [7, 11) is 0. The predicted molar refractivity (Wildman–Crippen MR) is 76.4 cm³/mol. The zero-order chi connectivity index (χ0) is 13.8. The first-order valence-electron chi connectivity index (χ1n) is 5.01.